The zero-order valence-corrected chi connectivity index (χ0v) is 28.2. The summed E-state index contributed by atoms with van der Waals surface area (Å²) >= 11 is 6.48. The lowest BCUT2D eigenvalue weighted by atomic mass is 10.1. The maximum Gasteiger partial charge on any atom is 0.0842 e. The Labute approximate surface area is 266 Å². The van der Waals surface area contributed by atoms with Crippen LogP contribution >= 0.6 is 11.6 Å². The molecule has 0 amide bonds. The molecule has 0 aromatic rings. The fourth-order valence-electron chi connectivity index (χ4n) is 4.96. The van der Waals surface area contributed by atoms with E-state index in [1.807, 2.05) is 0 Å². The molecule has 0 spiro atoms. The predicted octanol–water partition coefficient (Wildman–Crippen LogP) is 12.6. The quantitative estimate of drug-likeness (QED) is 0.0354. The molecule has 0 aliphatic carbocycles. The van der Waals surface area contributed by atoms with Crippen LogP contribution in [-0.4, -0.2) is 30.8 Å². The Hall–Kier alpha value is -1.35. The molecule has 1 rings (SSSR count). The molecule has 240 valence electrons. The van der Waals surface area contributed by atoms with Gasteiger partial charge in [0, 0.05) is 6.61 Å². The zero-order chi connectivity index (χ0) is 30.2. The van der Waals surface area contributed by atoms with Gasteiger partial charge >= 0.3 is 0 Å². The van der Waals surface area contributed by atoms with E-state index in [2.05, 4.69) is 86.8 Å². The first-order chi connectivity index (χ1) is 20.8. The van der Waals surface area contributed by atoms with Gasteiger partial charge in [0.15, 0.2) is 0 Å². The topological polar surface area (TPSA) is 21.8 Å². The van der Waals surface area contributed by atoms with Crippen LogP contribution in [0.2, 0.25) is 0 Å². The molecule has 42 heavy (non-hydrogen) atoms. The second kappa shape index (κ2) is 31.1. The average molecular weight is 601 g/mol. The zero-order valence-electron chi connectivity index (χ0n) is 27.4. The summed E-state index contributed by atoms with van der Waals surface area (Å²) in [6.45, 7) is 5.84. The molecule has 0 radical (unpaired) electrons. The summed E-state index contributed by atoms with van der Waals surface area (Å²) < 4.78 is 11.7. The molecule has 1 heterocycles. The van der Waals surface area contributed by atoms with Gasteiger partial charge in [-0.25, -0.2) is 0 Å². The molecule has 2 nitrogen and oxygen atoms in total. The van der Waals surface area contributed by atoms with Crippen LogP contribution in [0.1, 0.15) is 142 Å². The lowest BCUT2D eigenvalue weighted by Crippen LogP contribution is -2.10. The summed E-state index contributed by atoms with van der Waals surface area (Å²) in [7, 11) is 0. The smallest absolute Gasteiger partial charge is 0.0842 e. The lowest BCUT2D eigenvalue weighted by Gasteiger charge is -2.10. The summed E-state index contributed by atoms with van der Waals surface area (Å²) in [5.41, 5.74) is 0. The van der Waals surface area contributed by atoms with Gasteiger partial charge in [-0.3, -0.25) is 0 Å². The van der Waals surface area contributed by atoms with Crippen LogP contribution < -0.4 is 0 Å². The molecular weight excluding hydrogens is 536 g/mol. The Morgan fingerprint density at radius 3 is 1.55 bits per heavy atom. The van der Waals surface area contributed by atoms with E-state index in [4.69, 9.17) is 21.1 Å². The number of epoxide rings is 1. The Balaban J connectivity index is 1.80. The van der Waals surface area contributed by atoms with E-state index in [9.17, 15) is 0 Å². The van der Waals surface area contributed by atoms with Crippen LogP contribution in [0.4, 0.5) is 0 Å². The number of ether oxygens (including phenoxy) is 2. The molecule has 1 aliphatic rings. The van der Waals surface area contributed by atoms with Gasteiger partial charge in [-0.1, -0.05) is 125 Å². The van der Waals surface area contributed by atoms with Crippen molar-refractivity contribution in [1.82, 2.24) is 0 Å². The van der Waals surface area contributed by atoms with Crippen LogP contribution in [-0.2, 0) is 9.47 Å². The first-order valence-electron chi connectivity index (χ1n) is 17.5. The Morgan fingerprint density at radius 2 is 1.00 bits per heavy atom. The van der Waals surface area contributed by atoms with Crippen molar-refractivity contribution in [3.05, 3.63) is 72.9 Å². The molecule has 3 unspecified atom stereocenters. The second-order valence-electron chi connectivity index (χ2n) is 11.6. The minimum Gasteiger partial charge on any atom is -0.380 e. The van der Waals surface area contributed by atoms with Gasteiger partial charge in [0.05, 0.1) is 24.2 Å². The van der Waals surface area contributed by atoms with E-state index in [1.165, 1.54) is 70.6 Å². The third-order valence-electron chi connectivity index (χ3n) is 7.57. The highest BCUT2D eigenvalue weighted by Crippen LogP contribution is 2.31. The summed E-state index contributed by atoms with van der Waals surface area (Å²) in [6, 6.07) is 0. The fourth-order valence-corrected chi connectivity index (χ4v) is 5.21. The molecule has 0 N–H and O–H groups in total. The number of halogens is 1. The third kappa shape index (κ3) is 27.5. The van der Waals surface area contributed by atoms with Gasteiger partial charge in [-0.2, -0.15) is 0 Å². The van der Waals surface area contributed by atoms with E-state index in [0.29, 0.717) is 18.8 Å². The first kappa shape index (κ1) is 38.7. The van der Waals surface area contributed by atoms with Gasteiger partial charge in [0.2, 0.25) is 0 Å². The van der Waals surface area contributed by atoms with Crippen LogP contribution in [0.25, 0.3) is 0 Å². The highest BCUT2D eigenvalue weighted by atomic mass is 35.5. The SMILES string of the molecule is CC/C=C\C/C=C\C/C=C\CCCCCCC(Cl)COCCCC1OC1CCCCCC/C=C\C/C=C\C/C=C\CC. The Morgan fingerprint density at radius 1 is 0.548 bits per heavy atom. The van der Waals surface area contributed by atoms with Crippen molar-refractivity contribution in [2.75, 3.05) is 13.2 Å². The number of hydrogen-bond acceptors (Lipinski definition) is 2. The molecule has 0 saturated carbocycles. The minimum absolute atomic E-state index is 0.152. The molecule has 0 aromatic heterocycles. The van der Waals surface area contributed by atoms with Gasteiger partial charge in [0.1, 0.15) is 0 Å². The highest BCUT2D eigenvalue weighted by molar-refractivity contribution is 6.20. The molecule has 0 bridgehead atoms. The van der Waals surface area contributed by atoms with Crippen molar-refractivity contribution in [3.63, 3.8) is 0 Å². The summed E-state index contributed by atoms with van der Waals surface area (Å²) in [6.07, 6.45) is 51.9. The van der Waals surface area contributed by atoms with Crippen LogP contribution in [0, 0.1) is 0 Å². The molecule has 1 saturated heterocycles. The maximum atomic E-state index is 6.48. The van der Waals surface area contributed by atoms with Crippen molar-refractivity contribution in [1.29, 1.82) is 0 Å². The second-order valence-corrected chi connectivity index (χ2v) is 12.2. The predicted molar refractivity (Wildman–Crippen MR) is 188 cm³/mol. The monoisotopic (exact) mass is 600 g/mol. The Kier molecular flexibility index (Phi) is 28.6. The van der Waals surface area contributed by atoms with Crippen LogP contribution in [0.5, 0.6) is 0 Å². The number of allylic oxidation sites excluding steroid dienone is 12. The number of rotatable bonds is 30. The van der Waals surface area contributed by atoms with Gasteiger partial charge in [-0.15, -0.1) is 11.6 Å². The standard InChI is InChI=1S/C39H65ClO2/c1-3-5-7-9-11-13-15-17-19-21-23-25-27-29-32-37(40)36-41-35-31-34-39-38(42-39)33-30-28-26-24-22-20-18-16-14-12-10-8-6-4-2/h5-8,11-14,17-20,37-39H,3-4,9-10,15-16,21-36H2,1-2H3/b7-5-,8-6-,13-11-,14-12-,19-17-,20-18-. The normalized spacial score (nSPS) is 18.4. The fraction of sp³-hybridized carbons (Fsp3) is 0.692. The van der Waals surface area contributed by atoms with E-state index in [0.717, 1.165) is 64.4 Å². The third-order valence-corrected chi connectivity index (χ3v) is 7.92. The average Bonchev–Trinajstić information content (AvgIpc) is 3.75. The largest absolute Gasteiger partial charge is 0.380 e. The maximum absolute atomic E-state index is 6.48. The summed E-state index contributed by atoms with van der Waals surface area (Å²) in [4.78, 5) is 0. The molecule has 3 atom stereocenters. The van der Waals surface area contributed by atoms with E-state index in [-0.39, 0.29) is 5.38 Å². The molecule has 1 fully saturated rings. The van der Waals surface area contributed by atoms with E-state index < -0.39 is 0 Å². The van der Waals surface area contributed by atoms with E-state index >= 15 is 0 Å². The van der Waals surface area contributed by atoms with E-state index in [1.54, 1.807) is 0 Å². The van der Waals surface area contributed by atoms with Gasteiger partial charge in [0.25, 0.3) is 0 Å². The van der Waals surface area contributed by atoms with Crippen molar-refractivity contribution in [3.8, 4) is 0 Å². The van der Waals surface area contributed by atoms with Gasteiger partial charge in [-0.05, 0) is 89.9 Å². The minimum atomic E-state index is 0.152. The number of unbranched alkanes of at least 4 members (excludes halogenated alkanes) is 8. The van der Waals surface area contributed by atoms with Crippen LogP contribution in [0.15, 0.2) is 72.9 Å². The summed E-state index contributed by atoms with van der Waals surface area (Å²) in [5.74, 6) is 0. The molecule has 1 aliphatic heterocycles. The van der Waals surface area contributed by atoms with Crippen molar-refractivity contribution < 1.29 is 9.47 Å². The number of hydrogen-bond donors (Lipinski definition) is 0. The Bertz CT molecular complexity index is 747. The van der Waals surface area contributed by atoms with Crippen molar-refractivity contribution >= 4 is 11.6 Å². The highest BCUT2D eigenvalue weighted by Gasteiger charge is 2.36. The lowest BCUT2D eigenvalue weighted by molar-refractivity contribution is 0.126. The van der Waals surface area contributed by atoms with Crippen LogP contribution in [0.3, 0.4) is 0 Å². The summed E-state index contributed by atoms with van der Waals surface area (Å²) in [5, 5.41) is 0.152. The molecular formula is C39H65ClO2. The van der Waals surface area contributed by atoms with Crippen molar-refractivity contribution in [2.45, 2.75) is 160 Å². The molecule has 3 heteroatoms. The first-order valence-corrected chi connectivity index (χ1v) is 18.0. The molecule has 0 aromatic carbocycles. The van der Waals surface area contributed by atoms with Gasteiger partial charge < -0.3 is 9.47 Å². The number of alkyl halides is 1. The van der Waals surface area contributed by atoms with Crippen molar-refractivity contribution in [2.24, 2.45) is 0 Å².